The van der Waals surface area contributed by atoms with Crippen molar-refractivity contribution >= 4 is 23.2 Å². The average Bonchev–Trinajstić information content (AvgIpc) is 2.58. The monoisotopic (exact) mass is 217 g/mol. The SMILES string of the molecule is CC(=O)C1CN(c2ccccc2)C(=O)C1=O. The largest absolute Gasteiger partial charge is 0.305 e. The number of carbonyl (C=O) groups is 3. The van der Waals surface area contributed by atoms with E-state index in [1.807, 2.05) is 6.07 Å². The summed E-state index contributed by atoms with van der Waals surface area (Å²) < 4.78 is 0. The second-order valence-electron chi connectivity index (χ2n) is 3.78. The number of ketones is 2. The highest BCUT2D eigenvalue weighted by Crippen LogP contribution is 2.22. The van der Waals surface area contributed by atoms with Gasteiger partial charge in [0.1, 0.15) is 11.7 Å². The number of anilines is 1. The van der Waals surface area contributed by atoms with Gasteiger partial charge in [-0.05, 0) is 19.1 Å². The summed E-state index contributed by atoms with van der Waals surface area (Å²) in [5.41, 5.74) is 0.657. The molecule has 0 radical (unpaired) electrons. The highest BCUT2D eigenvalue weighted by Gasteiger charge is 2.41. The first-order chi connectivity index (χ1) is 7.61. The van der Waals surface area contributed by atoms with E-state index < -0.39 is 17.6 Å². The molecular formula is C12H11NO3. The summed E-state index contributed by atoms with van der Waals surface area (Å²) in [6, 6.07) is 8.89. The number of Topliss-reactive ketones (excluding diaryl/α,β-unsaturated/α-hetero) is 2. The maximum atomic E-state index is 11.6. The van der Waals surface area contributed by atoms with Gasteiger partial charge in [-0.1, -0.05) is 18.2 Å². The first kappa shape index (κ1) is 10.5. The number of nitrogens with zero attached hydrogens (tertiary/aromatic N) is 1. The Morgan fingerprint density at radius 3 is 2.38 bits per heavy atom. The van der Waals surface area contributed by atoms with Crippen molar-refractivity contribution in [3.63, 3.8) is 0 Å². The molecule has 0 aliphatic carbocycles. The minimum absolute atomic E-state index is 0.164. The number of benzene rings is 1. The summed E-state index contributed by atoms with van der Waals surface area (Å²) in [7, 11) is 0. The molecule has 1 aliphatic heterocycles. The summed E-state index contributed by atoms with van der Waals surface area (Å²) in [5, 5.41) is 0. The number of rotatable bonds is 2. The molecule has 1 amide bonds. The molecule has 1 unspecified atom stereocenters. The van der Waals surface area contributed by atoms with Crippen LogP contribution in [0.3, 0.4) is 0 Å². The molecule has 1 heterocycles. The Hall–Kier alpha value is -1.97. The number of hydrogen-bond donors (Lipinski definition) is 0. The van der Waals surface area contributed by atoms with Crippen LogP contribution in [0.25, 0.3) is 0 Å². The maximum Gasteiger partial charge on any atom is 0.295 e. The van der Waals surface area contributed by atoms with Crippen LogP contribution >= 0.6 is 0 Å². The van der Waals surface area contributed by atoms with Gasteiger partial charge in [0.2, 0.25) is 5.78 Å². The second-order valence-corrected chi connectivity index (χ2v) is 3.78. The quantitative estimate of drug-likeness (QED) is 0.544. The van der Waals surface area contributed by atoms with E-state index in [0.717, 1.165) is 0 Å². The van der Waals surface area contributed by atoms with E-state index in [1.54, 1.807) is 24.3 Å². The fourth-order valence-electron chi connectivity index (χ4n) is 1.77. The Kier molecular flexibility index (Phi) is 2.56. The van der Waals surface area contributed by atoms with Crippen LogP contribution in [0.2, 0.25) is 0 Å². The summed E-state index contributed by atoms with van der Waals surface area (Å²) >= 11 is 0. The zero-order valence-electron chi connectivity index (χ0n) is 8.84. The van der Waals surface area contributed by atoms with Gasteiger partial charge in [-0.25, -0.2) is 0 Å². The van der Waals surface area contributed by atoms with Crippen LogP contribution in [0.1, 0.15) is 6.92 Å². The zero-order chi connectivity index (χ0) is 11.7. The fourth-order valence-corrected chi connectivity index (χ4v) is 1.77. The van der Waals surface area contributed by atoms with Crippen LogP contribution in [-0.2, 0) is 14.4 Å². The Morgan fingerprint density at radius 2 is 1.88 bits per heavy atom. The third kappa shape index (κ3) is 1.62. The Morgan fingerprint density at radius 1 is 1.25 bits per heavy atom. The summed E-state index contributed by atoms with van der Waals surface area (Å²) in [6.07, 6.45) is 0. The molecule has 0 bridgehead atoms. The van der Waals surface area contributed by atoms with Crippen molar-refractivity contribution in [2.45, 2.75) is 6.92 Å². The van der Waals surface area contributed by atoms with Crippen LogP contribution in [0.5, 0.6) is 0 Å². The maximum absolute atomic E-state index is 11.6. The van der Waals surface area contributed by atoms with Crippen molar-refractivity contribution in [3.8, 4) is 0 Å². The van der Waals surface area contributed by atoms with Crippen LogP contribution in [0, 0.1) is 5.92 Å². The smallest absolute Gasteiger partial charge is 0.295 e. The molecular weight excluding hydrogens is 206 g/mol. The van der Waals surface area contributed by atoms with E-state index in [-0.39, 0.29) is 12.3 Å². The first-order valence-corrected chi connectivity index (χ1v) is 5.02. The van der Waals surface area contributed by atoms with Gasteiger partial charge in [-0.15, -0.1) is 0 Å². The van der Waals surface area contributed by atoms with E-state index in [4.69, 9.17) is 0 Å². The summed E-state index contributed by atoms with van der Waals surface area (Å²) in [6.45, 7) is 1.50. The van der Waals surface area contributed by atoms with Gasteiger partial charge in [-0.3, -0.25) is 14.4 Å². The molecule has 0 saturated carbocycles. The minimum atomic E-state index is -0.798. The van der Waals surface area contributed by atoms with Gasteiger partial charge < -0.3 is 4.90 Å². The number of hydrogen-bond acceptors (Lipinski definition) is 3. The predicted molar refractivity (Wildman–Crippen MR) is 58.0 cm³/mol. The van der Waals surface area contributed by atoms with Crippen molar-refractivity contribution in [1.82, 2.24) is 0 Å². The Labute approximate surface area is 92.9 Å². The zero-order valence-corrected chi connectivity index (χ0v) is 8.84. The molecule has 1 aromatic carbocycles. The molecule has 2 rings (SSSR count). The predicted octanol–water partition coefficient (Wildman–Crippen LogP) is 0.807. The van der Waals surface area contributed by atoms with Crippen molar-refractivity contribution in [2.24, 2.45) is 5.92 Å². The van der Waals surface area contributed by atoms with Crippen molar-refractivity contribution in [1.29, 1.82) is 0 Å². The topological polar surface area (TPSA) is 54.5 Å². The van der Waals surface area contributed by atoms with Crippen LogP contribution < -0.4 is 4.90 Å². The second kappa shape index (κ2) is 3.89. The minimum Gasteiger partial charge on any atom is -0.305 e. The van der Waals surface area contributed by atoms with Gasteiger partial charge in [-0.2, -0.15) is 0 Å². The molecule has 1 saturated heterocycles. The highest BCUT2D eigenvalue weighted by atomic mass is 16.2. The van der Waals surface area contributed by atoms with Gasteiger partial charge >= 0.3 is 0 Å². The van der Waals surface area contributed by atoms with Crippen LogP contribution in [0.15, 0.2) is 30.3 Å². The average molecular weight is 217 g/mol. The van der Waals surface area contributed by atoms with Crippen molar-refractivity contribution in [3.05, 3.63) is 30.3 Å². The normalized spacial score (nSPS) is 20.3. The lowest BCUT2D eigenvalue weighted by atomic mass is 10.0. The van der Waals surface area contributed by atoms with E-state index in [9.17, 15) is 14.4 Å². The molecule has 0 spiro atoms. The molecule has 82 valence electrons. The van der Waals surface area contributed by atoms with E-state index >= 15 is 0 Å². The molecule has 1 aromatic rings. The van der Waals surface area contributed by atoms with Crippen molar-refractivity contribution < 1.29 is 14.4 Å². The first-order valence-electron chi connectivity index (χ1n) is 5.02. The number of carbonyl (C=O) groups excluding carboxylic acids is 3. The fraction of sp³-hybridized carbons (Fsp3) is 0.250. The Balaban J connectivity index is 2.30. The van der Waals surface area contributed by atoms with Gasteiger partial charge in [0.05, 0.1) is 0 Å². The van der Waals surface area contributed by atoms with Gasteiger partial charge in [0.15, 0.2) is 0 Å². The molecule has 0 N–H and O–H groups in total. The highest BCUT2D eigenvalue weighted by molar-refractivity contribution is 6.47. The lowest BCUT2D eigenvalue weighted by Crippen LogP contribution is -2.26. The third-order valence-electron chi connectivity index (χ3n) is 2.70. The molecule has 1 aliphatic rings. The number of para-hydroxylation sites is 1. The summed E-state index contributed by atoms with van der Waals surface area (Å²) in [4.78, 5) is 35.7. The molecule has 16 heavy (non-hydrogen) atoms. The standard InChI is InChI=1S/C12H11NO3/c1-8(14)10-7-13(12(16)11(10)15)9-5-3-2-4-6-9/h2-6,10H,7H2,1H3. The van der Waals surface area contributed by atoms with Gasteiger partial charge in [0, 0.05) is 12.2 Å². The molecule has 1 atom stereocenters. The van der Waals surface area contributed by atoms with E-state index in [2.05, 4.69) is 0 Å². The Bertz CT molecular complexity index is 453. The van der Waals surface area contributed by atoms with E-state index in [1.165, 1.54) is 11.8 Å². The molecule has 4 heteroatoms. The lowest BCUT2D eigenvalue weighted by molar-refractivity contribution is -0.138. The van der Waals surface area contributed by atoms with Crippen molar-refractivity contribution in [2.75, 3.05) is 11.4 Å². The lowest BCUT2D eigenvalue weighted by Gasteiger charge is -2.14. The van der Waals surface area contributed by atoms with E-state index in [0.29, 0.717) is 5.69 Å². The summed E-state index contributed by atoms with van der Waals surface area (Å²) in [5.74, 6) is -2.24. The van der Waals surface area contributed by atoms with Crippen LogP contribution in [-0.4, -0.2) is 24.0 Å². The van der Waals surface area contributed by atoms with Crippen LogP contribution in [0.4, 0.5) is 5.69 Å². The molecule has 1 fully saturated rings. The van der Waals surface area contributed by atoms with Gasteiger partial charge in [0.25, 0.3) is 5.91 Å². The third-order valence-corrected chi connectivity index (χ3v) is 2.70. The number of amides is 1. The molecule has 4 nitrogen and oxygen atoms in total. The molecule has 0 aromatic heterocycles.